The van der Waals surface area contributed by atoms with Crippen LogP contribution in [0, 0.1) is 6.92 Å². The molecule has 7 heteroatoms. The van der Waals surface area contributed by atoms with Gasteiger partial charge in [0.25, 0.3) is 0 Å². The summed E-state index contributed by atoms with van der Waals surface area (Å²) in [5, 5.41) is 14.2. The maximum absolute atomic E-state index is 6.01. The number of hydrogen-bond acceptors (Lipinski definition) is 4. The molecule has 0 bridgehead atoms. The van der Waals surface area contributed by atoms with Gasteiger partial charge in [0, 0.05) is 5.75 Å². The van der Waals surface area contributed by atoms with Crippen molar-refractivity contribution in [1.29, 1.82) is 0 Å². The van der Waals surface area contributed by atoms with Gasteiger partial charge in [0.15, 0.2) is 0 Å². The van der Waals surface area contributed by atoms with Gasteiger partial charge in [0.2, 0.25) is 5.16 Å². The Balaban J connectivity index is 1.69. The van der Waals surface area contributed by atoms with Gasteiger partial charge in [-0.15, -0.1) is 10.2 Å². The molecule has 0 aliphatic carbocycles. The minimum Gasteiger partial charge on any atom is -0.195 e. The zero-order valence-corrected chi connectivity index (χ0v) is 15.2. The average Bonchev–Trinajstić information content (AvgIpc) is 3.03. The summed E-state index contributed by atoms with van der Waals surface area (Å²) in [5.41, 5.74) is 3.33. The molecule has 0 unspecified atom stereocenters. The maximum Gasteiger partial charge on any atom is 0.212 e. The van der Waals surface area contributed by atoms with E-state index < -0.39 is 0 Å². The Bertz CT molecular complexity index is 859. The molecule has 0 amide bonds. The summed E-state index contributed by atoms with van der Waals surface area (Å²) in [5.74, 6) is 0.807. The molecule has 0 atom stereocenters. The van der Waals surface area contributed by atoms with Crippen molar-refractivity contribution in [2.45, 2.75) is 17.8 Å². The normalized spacial score (nSPS) is 11.3. The summed E-state index contributed by atoms with van der Waals surface area (Å²) in [6.45, 7) is 2.07. The molecule has 1 heterocycles. The third-order valence-electron chi connectivity index (χ3n) is 3.26. The summed E-state index contributed by atoms with van der Waals surface area (Å²) < 4.78 is 1.64. The molecule has 3 rings (SSSR count). The van der Waals surface area contributed by atoms with Gasteiger partial charge in [-0.25, -0.2) is 0 Å². The summed E-state index contributed by atoms with van der Waals surface area (Å²) in [6, 6.07) is 13.8. The van der Waals surface area contributed by atoms with Gasteiger partial charge in [0.1, 0.15) is 6.33 Å². The maximum atomic E-state index is 6.01. The Labute approximate surface area is 154 Å². The Hall–Kier alpha value is -1.82. The summed E-state index contributed by atoms with van der Waals surface area (Å²) in [6.07, 6.45) is 3.27. The fourth-order valence-electron chi connectivity index (χ4n) is 1.95. The minimum atomic E-state index is 0.498. The molecular weight excluding hydrogens is 363 g/mol. The third-order valence-corrected chi connectivity index (χ3v) is 5.01. The monoisotopic (exact) mass is 376 g/mol. The number of halogens is 2. The molecule has 0 N–H and O–H groups in total. The van der Waals surface area contributed by atoms with E-state index in [-0.39, 0.29) is 0 Å². The Morgan fingerprint density at radius 2 is 1.92 bits per heavy atom. The molecule has 122 valence electrons. The smallest absolute Gasteiger partial charge is 0.195 e. The highest BCUT2D eigenvalue weighted by Gasteiger charge is 2.05. The van der Waals surface area contributed by atoms with Gasteiger partial charge in [-0.3, -0.25) is 0 Å². The number of benzene rings is 2. The van der Waals surface area contributed by atoms with E-state index in [0.29, 0.717) is 10.0 Å². The first-order valence-electron chi connectivity index (χ1n) is 7.19. The number of aryl methyl sites for hydroxylation is 1. The van der Waals surface area contributed by atoms with Crippen molar-refractivity contribution in [2.24, 2.45) is 5.10 Å². The molecule has 0 saturated heterocycles. The fourth-order valence-corrected chi connectivity index (χ4v) is 3.07. The molecule has 3 aromatic rings. The quantitative estimate of drug-likeness (QED) is 0.461. The number of rotatable bonds is 5. The van der Waals surface area contributed by atoms with Crippen molar-refractivity contribution in [3.63, 3.8) is 0 Å². The van der Waals surface area contributed by atoms with Crippen molar-refractivity contribution in [3.8, 4) is 0 Å². The second-order valence-corrected chi connectivity index (χ2v) is 6.91. The van der Waals surface area contributed by atoms with Crippen LogP contribution in [0.25, 0.3) is 0 Å². The van der Waals surface area contributed by atoms with Crippen LogP contribution in [-0.4, -0.2) is 21.1 Å². The van der Waals surface area contributed by atoms with E-state index in [1.807, 2.05) is 6.07 Å². The molecule has 24 heavy (non-hydrogen) atoms. The van der Waals surface area contributed by atoms with Gasteiger partial charge in [-0.2, -0.15) is 9.78 Å². The first-order chi connectivity index (χ1) is 11.6. The van der Waals surface area contributed by atoms with Crippen LogP contribution in [0.15, 0.2) is 59.0 Å². The molecule has 0 saturated carbocycles. The Kier molecular flexibility index (Phi) is 5.56. The van der Waals surface area contributed by atoms with E-state index in [9.17, 15) is 0 Å². The lowest BCUT2D eigenvalue weighted by molar-refractivity contribution is 0.767. The van der Waals surface area contributed by atoms with Crippen LogP contribution < -0.4 is 0 Å². The van der Waals surface area contributed by atoms with Gasteiger partial charge < -0.3 is 0 Å². The summed E-state index contributed by atoms with van der Waals surface area (Å²) in [4.78, 5) is 0. The summed E-state index contributed by atoms with van der Waals surface area (Å²) >= 11 is 13.5. The van der Waals surface area contributed by atoms with Crippen LogP contribution >= 0.6 is 35.0 Å². The standard InChI is InChI=1S/C17H14Cl2N4S/c1-12-2-4-13(5-3-12)10-24-17-22-20-11-23(17)21-9-14-6-7-15(18)16(19)8-14/h2-9,11H,10H2,1H3/b21-9-. The molecule has 0 fully saturated rings. The number of thioether (sulfide) groups is 1. The van der Waals surface area contributed by atoms with Crippen molar-refractivity contribution in [1.82, 2.24) is 14.9 Å². The topological polar surface area (TPSA) is 43.1 Å². The molecule has 0 spiro atoms. The minimum absolute atomic E-state index is 0.498. The second kappa shape index (κ2) is 7.83. The number of aromatic nitrogens is 3. The lowest BCUT2D eigenvalue weighted by Crippen LogP contribution is -1.93. The third kappa shape index (κ3) is 4.38. The molecule has 1 aromatic heterocycles. The van der Waals surface area contributed by atoms with E-state index in [1.165, 1.54) is 11.1 Å². The van der Waals surface area contributed by atoms with Crippen LogP contribution in [0.5, 0.6) is 0 Å². The van der Waals surface area contributed by atoms with Crippen LogP contribution in [0.3, 0.4) is 0 Å². The van der Waals surface area contributed by atoms with Crippen molar-refractivity contribution in [3.05, 3.63) is 75.5 Å². The number of nitrogens with zero attached hydrogens (tertiary/aromatic N) is 4. The average molecular weight is 377 g/mol. The fraction of sp³-hybridized carbons (Fsp3) is 0.118. The van der Waals surface area contributed by atoms with Gasteiger partial charge in [-0.05, 0) is 30.2 Å². The van der Waals surface area contributed by atoms with Gasteiger partial charge in [0.05, 0.1) is 16.3 Å². The lowest BCUT2D eigenvalue weighted by Gasteiger charge is -2.02. The second-order valence-electron chi connectivity index (χ2n) is 5.15. The zero-order chi connectivity index (χ0) is 16.9. The van der Waals surface area contributed by atoms with Crippen LogP contribution in [0.1, 0.15) is 16.7 Å². The Morgan fingerprint density at radius 1 is 1.12 bits per heavy atom. The van der Waals surface area contributed by atoms with Crippen molar-refractivity contribution < 1.29 is 0 Å². The Morgan fingerprint density at radius 3 is 2.67 bits per heavy atom. The first kappa shape index (κ1) is 17.0. The van der Waals surface area contributed by atoms with E-state index in [0.717, 1.165) is 16.5 Å². The van der Waals surface area contributed by atoms with E-state index >= 15 is 0 Å². The number of hydrogen-bond donors (Lipinski definition) is 0. The van der Waals surface area contributed by atoms with Crippen molar-refractivity contribution >= 4 is 41.2 Å². The first-order valence-corrected chi connectivity index (χ1v) is 8.94. The van der Waals surface area contributed by atoms with Crippen LogP contribution in [0.2, 0.25) is 10.0 Å². The molecular formula is C17H14Cl2N4S. The van der Waals surface area contributed by atoms with Crippen molar-refractivity contribution in [2.75, 3.05) is 0 Å². The SMILES string of the molecule is Cc1ccc(CSc2nncn2/N=C\c2ccc(Cl)c(Cl)c2)cc1. The molecule has 0 radical (unpaired) electrons. The van der Waals surface area contributed by atoms with Gasteiger partial charge >= 0.3 is 0 Å². The predicted octanol–water partition coefficient (Wildman–Crippen LogP) is 5.07. The molecule has 4 nitrogen and oxygen atoms in total. The van der Waals surface area contributed by atoms with E-state index in [4.69, 9.17) is 23.2 Å². The highest BCUT2D eigenvalue weighted by atomic mass is 35.5. The van der Waals surface area contributed by atoms with Crippen LogP contribution in [0.4, 0.5) is 0 Å². The lowest BCUT2D eigenvalue weighted by atomic mass is 10.2. The zero-order valence-electron chi connectivity index (χ0n) is 12.9. The summed E-state index contributed by atoms with van der Waals surface area (Å²) in [7, 11) is 0. The predicted molar refractivity (Wildman–Crippen MR) is 100 cm³/mol. The molecule has 2 aromatic carbocycles. The highest BCUT2D eigenvalue weighted by Crippen LogP contribution is 2.23. The largest absolute Gasteiger partial charge is 0.212 e. The van der Waals surface area contributed by atoms with Crippen LogP contribution in [-0.2, 0) is 5.75 Å². The highest BCUT2D eigenvalue weighted by molar-refractivity contribution is 7.98. The molecule has 0 aliphatic rings. The van der Waals surface area contributed by atoms with Gasteiger partial charge in [-0.1, -0.05) is 70.9 Å². The molecule has 0 aliphatic heterocycles. The van der Waals surface area contributed by atoms with E-state index in [1.54, 1.807) is 41.1 Å². The van der Waals surface area contributed by atoms with E-state index in [2.05, 4.69) is 46.5 Å².